The summed E-state index contributed by atoms with van der Waals surface area (Å²) in [6, 6.07) is 5.85. The molecule has 1 aromatic carbocycles. The van der Waals surface area contributed by atoms with Gasteiger partial charge in [0.15, 0.2) is 0 Å². The predicted octanol–water partition coefficient (Wildman–Crippen LogP) is 0.674. The fourth-order valence-electron chi connectivity index (χ4n) is 2.58. The topological polar surface area (TPSA) is 141 Å². The maximum Gasteiger partial charge on any atom is 0.338 e. The molecule has 0 saturated carbocycles. The Morgan fingerprint density at radius 3 is 1.11 bits per heavy atom. The van der Waals surface area contributed by atoms with Crippen molar-refractivity contribution in [2.45, 2.75) is 0 Å². The summed E-state index contributed by atoms with van der Waals surface area (Å²) in [5, 5.41) is 17.8. The van der Waals surface area contributed by atoms with Crippen LogP contribution in [0.4, 0.5) is 0 Å². The first-order valence-corrected chi connectivity index (χ1v) is 12.4. The molecular formula is C25H42O12. The molecule has 12 nitrogen and oxygen atoms in total. The van der Waals surface area contributed by atoms with Crippen LogP contribution in [0.15, 0.2) is 24.3 Å². The minimum atomic E-state index is -0.463. The Labute approximate surface area is 218 Å². The molecule has 0 spiro atoms. The van der Waals surface area contributed by atoms with Crippen molar-refractivity contribution in [2.24, 2.45) is 0 Å². The summed E-state index contributed by atoms with van der Waals surface area (Å²) in [4.78, 5) is 11.8. The van der Waals surface area contributed by atoms with Crippen LogP contribution in [0.25, 0.3) is 0 Å². The van der Waals surface area contributed by atoms with E-state index >= 15 is 0 Å². The minimum Gasteiger partial charge on any atom is -0.508 e. The van der Waals surface area contributed by atoms with Crippen LogP contribution < -0.4 is 0 Å². The van der Waals surface area contributed by atoms with Crippen LogP contribution in [0.1, 0.15) is 10.4 Å². The van der Waals surface area contributed by atoms with E-state index in [0.29, 0.717) is 105 Å². The zero-order chi connectivity index (χ0) is 26.7. The number of benzene rings is 1. The van der Waals surface area contributed by atoms with Crippen LogP contribution in [0.2, 0.25) is 0 Å². The van der Waals surface area contributed by atoms with E-state index in [1.165, 1.54) is 24.3 Å². The van der Waals surface area contributed by atoms with E-state index < -0.39 is 5.97 Å². The first-order chi connectivity index (χ1) is 18.2. The van der Waals surface area contributed by atoms with Crippen LogP contribution in [-0.2, 0) is 42.6 Å². The monoisotopic (exact) mass is 534 g/mol. The van der Waals surface area contributed by atoms with E-state index in [2.05, 4.69) is 0 Å². The number of carbonyl (C=O) groups excluding carboxylic acids is 1. The molecule has 0 heterocycles. The van der Waals surface area contributed by atoms with Crippen molar-refractivity contribution in [3.05, 3.63) is 29.8 Å². The van der Waals surface area contributed by atoms with Gasteiger partial charge >= 0.3 is 5.97 Å². The lowest BCUT2D eigenvalue weighted by Crippen LogP contribution is -2.15. The van der Waals surface area contributed by atoms with Gasteiger partial charge in [-0.15, -0.1) is 0 Å². The highest BCUT2D eigenvalue weighted by Gasteiger charge is 2.06. The van der Waals surface area contributed by atoms with Gasteiger partial charge in [0.1, 0.15) is 12.4 Å². The summed E-state index contributed by atoms with van der Waals surface area (Å²) in [6.07, 6.45) is 0. The fourth-order valence-corrected chi connectivity index (χ4v) is 2.58. The van der Waals surface area contributed by atoms with Crippen LogP contribution in [0, 0.1) is 0 Å². The van der Waals surface area contributed by atoms with E-state index in [1.807, 2.05) is 0 Å². The second-order valence-electron chi connectivity index (χ2n) is 7.31. The lowest BCUT2D eigenvalue weighted by molar-refractivity contribution is -0.0249. The number of hydrogen-bond acceptors (Lipinski definition) is 12. The number of phenols is 1. The van der Waals surface area contributed by atoms with Gasteiger partial charge in [0, 0.05) is 0 Å². The molecular weight excluding hydrogens is 492 g/mol. The van der Waals surface area contributed by atoms with Gasteiger partial charge in [-0.2, -0.15) is 0 Å². The van der Waals surface area contributed by atoms with Crippen molar-refractivity contribution in [2.75, 3.05) is 119 Å². The number of carbonyl (C=O) groups is 1. The molecule has 0 aliphatic heterocycles. The number of hydrogen-bond donors (Lipinski definition) is 2. The molecule has 0 atom stereocenters. The molecule has 0 aliphatic carbocycles. The Balaban J connectivity index is 1.69. The van der Waals surface area contributed by atoms with Gasteiger partial charge in [-0.3, -0.25) is 0 Å². The zero-order valence-corrected chi connectivity index (χ0v) is 21.5. The van der Waals surface area contributed by atoms with Crippen LogP contribution in [0.5, 0.6) is 5.75 Å². The highest BCUT2D eigenvalue weighted by molar-refractivity contribution is 5.89. The fraction of sp³-hybridized carbons (Fsp3) is 0.720. The standard InChI is InChI=1S/C25H42O12/c26-5-6-29-7-8-30-9-10-31-11-12-32-13-14-33-15-16-34-17-18-35-19-20-36-21-22-37-25(28)23-1-3-24(27)4-2-23/h1-4,26-27H,5-22H2. The van der Waals surface area contributed by atoms with E-state index in [1.54, 1.807) is 0 Å². The SMILES string of the molecule is O=C(OCCOCCOCCOCCOCCOCCOCCOCCOCCO)c1ccc(O)cc1. The Morgan fingerprint density at radius 2 is 0.784 bits per heavy atom. The smallest absolute Gasteiger partial charge is 0.338 e. The normalized spacial score (nSPS) is 11.2. The maximum atomic E-state index is 11.8. The molecule has 0 saturated heterocycles. The molecule has 1 rings (SSSR count). The molecule has 12 heteroatoms. The molecule has 0 aromatic heterocycles. The third-order valence-electron chi connectivity index (χ3n) is 4.40. The number of phenolic OH excluding ortho intramolecular Hbond substituents is 1. The number of aliphatic hydroxyl groups is 1. The van der Waals surface area contributed by atoms with Gasteiger partial charge in [0.25, 0.3) is 0 Å². The van der Waals surface area contributed by atoms with E-state index in [9.17, 15) is 9.90 Å². The number of aliphatic hydroxyl groups excluding tert-OH is 1. The largest absolute Gasteiger partial charge is 0.508 e. The minimum absolute atomic E-state index is 0.0194. The van der Waals surface area contributed by atoms with Crippen molar-refractivity contribution in [1.29, 1.82) is 0 Å². The van der Waals surface area contributed by atoms with Gasteiger partial charge < -0.3 is 52.8 Å². The van der Waals surface area contributed by atoms with Gasteiger partial charge in [-0.1, -0.05) is 0 Å². The van der Waals surface area contributed by atoms with Crippen molar-refractivity contribution >= 4 is 5.97 Å². The summed E-state index contributed by atoms with van der Waals surface area (Å²) >= 11 is 0. The molecule has 214 valence electrons. The zero-order valence-electron chi connectivity index (χ0n) is 21.5. The van der Waals surface area contributed by atoms with Crippen LogP contribution in [-0.4, -0.2) is 135 Å². The number of esters is 1. The molecule has 0 unspecified atom stereocenters. The highest BCUT2D eigenvalue weighted by atomic mass is 16.6. The molecule has 0 fully saturated rings. The molecule has 0 amide bonds. The maximum absolute atomic E-state index is 11.8. The molecule has 0 radical (unpaired) electrons. The van der Waals surface area contributed by atoms with E-state index in [0.717, 1.165) is 0 Å². The van der Waals surface area contributed by atoms with Gasteiger partial charge in [-0.05, 0) is 24.3 Å². The Morgan fingerprint density at radius 1 is 0.486 bits per heavy atom. The van der Waals surface area contributed by atoms with Crippen molar-refractivity contribution < 1.29 is 57.6 Å². The van der Waals surface area contributed by atoms with Gasteiger partial charge in [0.05, 0.1) is 118 Å². The van der Waals surface area contributed by atoms with Crippen LogP contribution >= 0.6 is 0 Å². The summed E-state index contributed by atoms with van der Waals surface area (Å²) in [5.41, 5.74) is 0.373. The Kier molecular flexibility index (Phi) is 23.1. The first-order valence-electron chi connectivity index (χ1n) is 12.4. The number of rotatable bonds is 27. The second-order valence-corrected chi connectivity index (χ2v) is 7.31. The van der Waals surface area contributed by atoms with Crippen molar-refractivity contribution in [1.82, 2.24) is 0 Å². The molecule has 0 aliphatic rings. The van der Waals surface area contributed by atoms with Crippen molar-refractivity contribution in [3.63, 3.8) is 0 Å². The number of aromatic hydroxyl groups is 1. The summed E-state index contributed by atoms with van der Waals surface area (Å²) in [6.45, 7) is 7.32. The van der Waals surface area contributed by atoms with E-state index in [-0.39, 0.29) is 25.6 Å². The quantitative estimate of drug-likeness (QED) is 0.121. The van der Waals surface area contributed by atoms with E-state index in [4.69, 9.17) is 47.7 Å². The molecule has 0 bridgehead atoms. The van der Waals surface area contributed by atoms with Crippen molar-refractivity contribution in [3.8, 4) is 5.75 Å². The number of ether oxygens (including phenoxy) is 9. The third kappa shape index (κ3) is 21.9. The van der Waals surface area contributed by atoms with Gasteiger partial charge in [0.2, 0.25) is 0 Å². The lowest BCUT2D eigenvalue weighted by atomic mass is 10.2. The Hall–Kier alpha value is -1.87. The lowest BCUT2D eigenvalue weighted by Gasteiger charge is -2.09. The first kappa shape index (κ1) is 33.2. The van der Waals surface area contributed by atoms with Gasteiger partial charge in [-0.25, -0.2) is 4.79 Å². The average Bonchev–Trinajstić information content (AvgIpc) is 2.91. The Bertz CT molecular complexity index is 629. The highest BCUT2D eigenvalue weighted by Crippen LogP contribution is 2.10. The molecule has 2 N–H and O–H groups in total. The third-order valence-corrected chi connectivity index (χ3v) is 4.40. The predicted molar refractivity (Wildman–Crippen MR) is 132 cm³/mol. The second kappa shape index (κ2) is 25.8. The van der Waals surface area contributed by atoms with Crippen LogP contribution in [0.3, 0.4) is 0 Å². The average molecular weight is 535 g/mol. The summed E-state index contributed by atoms with van der Waals surface area (Å²) in [7, 11) is 0. The summed E-state index contributed by atoms with van der Waals surface area (Å²) < 4.78 is 47.8. The molecule has 37 heavy (non-hydrogen) atoms. The molecule has 1 aromatic rings. The summed E-state index contributed by atoms with van der Waals surface area (Å²) in [5.74, 6) is -0.370.